The number of ketones is 1. The summed E-state index contributed by atoms with van der Waals surface area (Å²) in [5.41, 5.74) is 4.86. The molecule has 86 valence electrons. The van der Waals surface area contributed by atoms with E-state index in [4.69, 9.17) is 15.6 Å². The molecule has 1 aromatic rings. The van der Waals surface area contributed by atoms with Gasteiger partial charge < -0.3 is 20.7 Å². The monoisotopic (exact) mass is 225 g/mol. The first-order chi connectivity index (χ1) is 7.51. The van der Waals surface area contributed by atoms with Crippen molar-refractivity contribution in [1.29, 1.82) is 0 Å². The summed E-state index contributed by atoms with van der Waals surface area (Å²) >= 11 is 0. The Hall–Kier alpha value is -2.08. The third-order valence-electron chi connectivity index (χ3n) is 2.03. The lowest BCUT2D eigenvalue weighted by molar-refractivity contribution is 0.0693. The molecule has 0 saturated carbocycles. The lowest BCUT2D eigenvalue weighted by atomic mass is 10.0. The molecule has 0 bridgehead atoms. The molecule has 0 unspecified atom stereocenters. The number of hydrogen-bond acceptors (Lipinski definition) is 5. The van der Waals surface area contributed by atoms with Crippen LogP contribution in [0.15, 0.2) is 12.1 Å². The molecule has 0 fully saturated rings. The topological polar surface area (TPSA) is 110 Å². The highest BCUT2D eigenvalue weighted by atomic mass is 16.5. The summed E-state index contributed by atoms with van der Waals surface area (Å²) in [5, 5.41) is 18.1. The zero-order valence-electron chi connectivity index (χ0n) is 8.56. The molecule has 0 aliphatic heterocycles. The number of phenols is 1. The van der Waals surface area contributed by atoms with Gasteiger partial charge in [0.1, 0.15) is 17.1 Å². The number of carboxylic acid groups (broad SMARTS) is 1. The van der Waals surface area contributed by atoms with Crippen LogP contribution in [0.4, 0.5) is 0 Å². The molecular weight excluding hydrogens is 214 g/mol. The van der Waals surface area contributed by atoms with Gasteiger partial charge in [-0.25, -0.2) is 4.79 Å². The maximum Gasteiger partial charge on any atom is 0.339 e. The molecule has 6 nitrogen and oxygen atoms in total. The molecule has 0 aliphatic rings. The van der Waals surface area contributed by atoms with Crippen molar-refractivity contribution in [3.63, 3.8) is 0 Å². The van der Waals surface area contributed by atoms with E-state index < -0.39 is 17.5 Å². The van der Waals surface area contributed by atoms with Gasteiger partial charge in [-0.15, -0.1) is 0 Å². The smallest absolute Gasteiger partial charge is 0.339 e. The van der Waals surface area contributed by atoms with E-state index in [-0.39, 0.29) is 23.4 Å². The van der Waals surface area contributed by atoms with E-state index in [1.54, 1.807) is 0 Å². The molecule has 0 aliphatic carbocycles. The van der Waals surface area contributed by atoms with Gasteiger partial charge in [-0.05, 0) is 6.07 Å². The summed E-state index contributed by atoms with van der Waals surface area (Å²) in [5.74, 6) is -2.15. The number of aromatic carboxylic acids is 1. The number of Topliss-reactive ketones (excluding diaryl/α,β-unsaturated/α-hetero) is 1. The van der Waals surface area contributed by atoms with Crippen LogP contribution < -0.4 is 10.5 Å². The first-order valence-corrected chi connectivity index (χ1v) is 4.38. The second-order valence-corrected chi connectivity index (χ2v) is 3.00. The van der Waals surface area contributed by atoms with Crippen molar-refractivity contribution in [1.82, 2.24) is 0 Å². The minimum atomic E-state index is -1.33. The number of nitrogens with two attached hydrogens (primary N) is 1. The summed E-state index contributed by atoms with van der Waals surface area (Å²) in [6, 6.07) is 2.12. The van der Waals surface area contributed by atoms with E-state index in [0.717, 1.165) is 12.1 Å². The summed E-state index contributed by atoms with van der Waals surface area (Å²) < 4.78 is 4.85. The first-order valence-electron chi connectivity index (χ1n) is 4.38. The molecule has 4 N–H and O–H groups in total. The molecular formula is C10H11NO5. The number of aromatic hydroxyl groups is 1. The minimum absolute atomic E-state index is 0.0419. The van der Waals surface area contributed by atoms with Gasteiger partial charge >= 0.3 is 5.97 Å². The second kappa shape index (κ2) is 4.63. The number of ether oxygens (including phenoxy) is 1. The highest BCUT2D eigenvalue weighted by Gasteiger charge is 2.18. The summed E-state index contributed by atoms with van der Waals surface area (Å²) in [6.45, 7) is -0.264. The van der Waals surface area contributed by atoms with E-state index in [2.05, 4.69) is 0 Å². The van der Waals surface area contributed by atoms with Crippen molar-refractivity contribution < 1.29 is 24.5 Å². The van der Waals surface area contributed by atoms with Crippen LogP contribution in [0.2, 0.25) is 0 Å². The van der Waals surface area contributed by atoms with E-state index in [0.29, 0.717) is 0 Å². The third kappa shape index (κ3) is 2.12. The molecule has 0 spiro atoms. The standard InChI is InChI=1S/C10H11NO5/c1-16-9-3-7(12)6(10(14)15)2-5(9)8(13)4-11/h2-3,12H,4,11H2,1H3,(H,14,15). The van der Waals surface area contributed by atoms with Crippen LogP contribution in [-0.4, -0.2) is 35.6 Å². The van der Waals surface area contributed by atoms with Crippen LogP contribution in [-0.2, 0) is 0 Å². The van der Waals surface area contributed by atoms with Crippen molar-refractivity contribution in [2.75, 3.05) is 13.7 Å². The quantitative estimate of drug-likeness (QED) is 0.633. The number of rotatable bonds is 4. The number of hydrogen-bond donors (Lipinski definition) is 3. The maximum absolute atomic E-state index is 11.4. The van der Waals surface area contributed by atoms with Gasteiger partial charge in [-0.3, -0.25) is 4.79 Å². The van der Waals surface area contributed by atoms with E-state index in [1.807, 2.05) is 0 Å². The number of carbonyl (C=O) groups excluding carboxylic acids is 1. The van der Waals surface area contributed by atoms with Gasteiger partial charge in [0.15, 0.2) is 5.78 Å². The zero-order valence-corrected chi connectivity index (χ0v) is 8.56. The average Bonchev–Trinajstić information content (AvgIpc) is 2.27. The van der Waals surface area contributed by atoms with E-state index in [1.165, 1.54) is 7.11 Å². The minimum Gasteiger partial charge on any atom is -0.507 e. The molecule has 6 heteroatoms. The van der Waals surface area contributed by atoms with Gasteiger partial charge in [0.2, 0.25) is 0 Å². The Balaban J connectivity index is 3.40. The van der Waals surface area contributed by atoms with Crippen molar-refractivity contribution >= 4 is 11.8 Å². The SMILES string of the molecule is COc1cc(O)c(C(=O)O)cc1C(=O)CN. The molecule has 0 radical (unpaired) electrons. The Labute approximate surface area is 91.3 Å². The van der Waals surface area contributed by atoms with Crippen molar-refractivity contribution in [3.05, 3.63) is 23.3 Å². The Morgan fingerprint density at radius 1 is 1.38 bits per heavy atom. The Kier molecular flexibility index (Phi) is 3.47. The summed E-state index contributed by atoms with van der Waals surface area (Å²) in [4.78, 5) is 22.1. The molecule has 0 aromatic heterocycles. The van der Waals surface area contributed by atoms with Crippen LogP contribution in [0.5, 0.6) is 11.5 Å². The van der Waals surface area contributed by atoms with Crippen molar-refractivity contribution in [3.8, 4) is 11.5 Å². The van der Waals surface area contributed by atoms with Gasteiger partial charge in [0, 0.05) is 6.07 Å². The molecule has 1 rings (SSSR count). The summed E-state index contributed by atoms with van der Waals surface area (Å²) in [7, 11) is 1.31. The van der Waals surface area contributed by atoms with Crippen LogP contribution in [0.3, 0.4) is 0 Å². The lowest BCUT2D eigenvalue weighted by Crippen LogP contribution is -2.15. The number of carboxylic acids is 1. The number of benzene rings is 1. The average molecular weight is 225 g/mol. The normalized spacial score (nSPS) is 9.88. The van der Waals surface area contributed by atoms with Crippen LogP contribution in [0, 0.1) is 0 Å². The van der Waals surface area contributed by atoms with Crippen LogP contribution in [0.25, 0.3) is 0 Å². The van der Waals surface area contributed by atoms with Crippen LogP contribution >= 0.6 is 0 Å². The zero-order chi connectivity index (χ0) is 12.3. The fourth-order valence-corrected chi connectivity index (χ4v) is 1.24. The van der Waals surface area contributed by atoms with Gasteiger partial charge in [0.25, 0.3) is 0 Å². The molecule has 16 heavy (non-hydrogen) atoms. The van der Waals surface area contributed by atoms with Crippen molar-refractivity contribution in [2.24, 2.45) is 5.73 Å². The highest BCUT2D eigenvalue weighted by molar-refractivity contribution is 6.03. The Bertz CT molecular complexity index is 441. The predicted molar refractivity (Wildman–Crippen MR) is 55.0 cm³/mol. The second-order valence-electron chi connectivity index (χ2n) is 3.00. The molecule has 0 amide bonds. The van der Waals surface area contributed by atoms with Gasteiger partial charge in [-0.2, -0.15) is 0 Å². The largest absolute Gasteiger partial charge is 0.507 e. The van der Waals surface area contributed by atoms with Crippen molar-refractivity contribution in [2.45, 2.75) is 0 Å². The molecule has 0 atom stereocenters. The number of methoxy groups -OCH3 is 1. The lowest BCUT2D eigenvalue weighted by Gasteiger charge is -2.09. The fourth-order valence-electron chi connectivity index (χ4n) is 1.24. The van der Waals surface area contributed by atoms with Gasteiger partial charge in [-0.1, -0.05) is 0 Å². The third-order valence-corrected chi connectivity index (χ3v) is 2.03. The summed E-state index contributed by atoms with van der Waals surface area (Å²) in [6.07, 6.45) is 0. The van der Waals surface area contributed by atoms with E-state index >= 15 is 0 Å². The first kappa shape index (κ1) is 12.0. The van der Waals surface area contributed by atoms with E-state index in [9.17, 15) is 14.7 Å². The fraction of sp³-hybridized carbons (Fsp3) is 0.200. The Morgan fingerprint density at radius 3 is 2.44 bits per heavy atom. The van der Waals surface area contributed by atoms with Gasteiger partial charge in [0.05, 0.1) is 19.2 Å². The number of carbonyl (C=O) groups is 2. The molecule has 0 saturated heterocycles. The predicted octanol–water partition coefficient (Wildman–Crippen LogP) is 0.240. The highest BCUT2D eigenvalue weighted by Crippen LogP contribution is 2.28. The molecule has 1 aromatic carbocycles. The van der Waals surface area contributed by atoms with Crippen LogP contribution in [0.1, 0.15) is 20.7 Å². The maximum atomic E-state index is 11.4. The Morgan fingerprint density at radius 2 is 2.00 bits per heavy atom. The molecule has 0 heterocycles.